The van der Waals surface area contributed by atoms with Crippen LogP contribution in [0.25, 0.3) is 0 Å². The molecule has 1 aromatic carbocycles. The number of hydrogen-bond acceptors (Lipinski definition) is 3. The van der Waals surface area contributed by atoms with E-state index in [2.05, 4.69) is 26.6 Å². The number of rotatable bonds is 6. The van der Waals surface area contributed by atoms with Crippen LogP contribution in [-0.2, 0) is 4.79 Å². The smallest absolute Gasteiger partial charge is 0.224 e. The number of ether oxygens (including phenoxy) is 1. The number of nitrogens with one attached hydrogen (secondary N) is 2. The van der Waals surface area contributed by atoms with Crippen LogP contribution in [0.1, 0.15) is 32.6 Å². The molecule has 0 bridgehead atoms. The number of carbonyl (C=O) groups is 1. The maximum atomic E-state index is 12.1. The van der Waals surface area contributed by atoms with Gasteiger partial charge in [0.25, 0.3) is 0 Å². The van der Waals surface area contributed by atoms with Gasteiger partial charge in [0.15, 0.2) is 0 Å². The van der Waals surface area contributed by atoms with E-state index >= 15 is 0 Å². The fraction of sp³-hybridized carbons (Fsp3) is 0.562. The molecule has 4 nitrogen and oxygen atoms in total. The van der Waals surface area contributed by atoms with Gasteiger partial charge in [0.05, 0.1) is 12.3 Å². The molecule has 2 rings (SSSR count). The van der Waals surface area contributed by atoms with Crippen LogP contribution in [0.5, 0.6) is 5.75 Å². The number of anilines is 1. The predicted molar refractivity (Wildman–Crippen MR) is 96.0 cm³/mol. The molecule has 0 aromatic heterocycles. The topological polar surface area (TPSA) is 50.4 Å². The van der Waals surface area contributed by atoms with Crippen molar-refractivity contribution in [3.05, 3.63) is 22.7 Å². The summed E-state index contributed by atoms with van der Waals surface area (Å²) in [4.78, 5) is 12.1. The molecule has 1 aliphatic heterocycles. The van der Waals surface area contributed by atoms with Gasteiger partial charge in [0.2, 0.25) is 5.91 Å². The summed E-state index contributed by atoms with van der Waals surface area (Å²) in [6.45, 7) is 4.67. The molecule has 22 heavy (non-hydrogen) atoms. The summed E-state index contributed by atoms with van der Waals surface area (Å²) in [5, 5.41) is 6.31. The van der Waals surface area contributed by atoms with Crippen molar-refractivity contribution in [1.29, 1.82) is 0 Å². The van der Waals surface area contributed by atoms with E-state index in [0.29, 0.717) is 18.9 Å². The van der Waals surface area contributed by atoms with Crippen LogP contribution in [0.4, 0.5) is 5.69 Å². The van der Waals surface area contributed by atoms with Gasteiger partial charge in [-0.25, -0.2) is 0 Å². The summed E-state index contributed by atoms with van der Waals surface area (Å²) in [6, 6.07) is 5.67. The van der Waals surface area contributed by atoms with Gasteiger partial charge < -0.3 is 15.4 Å². The minimum absolute atomic E-state index is 0. The maximum absolute atomic E-state index is 12.1. The highest BCUT2D eigenvalue weighted by Crippen LogP contribution is 2.28. The molecular weight excluding hydrogens is 368 g/mol. The summed E-state index contributed by atoms with van der Waals surface area (Å²) in [7, 11) is 0. The van der Waals surface area contributed by atoms with Gasteiger partial charge in [-0.2, -0.15) is 0 Å². The lowest BCUT2D eigenvalue weighted by atomic mass is 9.93. The standard InChI is InChI=1S/C16H23BrN2O2.ClH/c1-2-21-15-5-4-13(17)11-14(15)19-16(20)6-3-12-7-9-18-10-8-12;/h4-5,11-12,18H,2-3,6-10H2,1H3,(H,19,20);1H. The summed E-state index contributed by atoms with van der Waals surface area (Å²) in [5.74, 6) is 1.45. The third kappa shape index (κ3) is 6.15. The summed E-state index contributed by atoms with van der Waals surface area (Å²) < 4.78 is 6.47. The molecule has 6 heteroatoms. The minimum Gasteiger partial charge on any atom is -0.492 e. The lowest BCUT2D eigenvalue weighted by Gasteiger charge is -2.22. The van der Waals surface area contributed by atoms with Crippen molar-refractivity contribution >= 4 is 39.9 Å². The second-order valence-corrected chi connectivity index (χ2v) is 6.27. The monoisotopic (exact) mass is 390 g/mol. The molecule has 1 fully saturated rings. The molecule has 2 N–H and O–H groups in total. The van der Waals surface area contributed by atoms with E-state index in [1.54, 1.807) is 0 Å². The number of hydrogen-bond donors (Lipinski definition) is 2. The zero-order valence-corrected chi connectivity index (χ0v) is 15.3. The zero-order chi connectivity index (χ0) is 15.1. The normalized spacial score (nSPS) is 15.0. The van der Waals surface area contributed by atoms with E-state index < -0.39 is 0 Å². The first-order valence-electron chi connectivity index (χ1n) is 7.62. The van der Waals surface area contributed by atoms with Gasteiger partial charge in [-0.15, -0.1) is 12.4 Å². The molecular formula is C16H24BrClN2O2. The van der Waals surface area contributed by atoms with Crippen LogP contribution in [-0.4, -0.2) is 25.6 Å². The number of halogens is 2. The van der Waals surface area contributed by atoms with Crippen LogP contribution < -0.4 is 15.4 Å². The Labute approximate surface area is 146 Å². The summed E-state index contributed by atoms with van der Waals surface area (Å²) in [5.41, 5.74) is 0.738. The third-order valence-electron chi connectivity index (χ3n) is 3.75. The highest BCUT2D eigenvalue weighted by molar-refractivity contribution is 9.10. The van der Waals surface area contributed by atoms with E-state index in [0.717, 1.165) is 35.4 Å². The summed E-state index contributed by atoms with van der Waals surface area (Å²) in [6.07, 6.45) is 3.89. The second kappa shape index (κ2) is 10.1. The highest BCUT2D eigenvalue weighted by Gasteiger charge is 2.15. The van der Waals surface area contributed by atoms with Gasteiger partial charge in [-0.05, 0) is 63.4 Å². The van der Waals surface area contributed by atoms with Crippen LogP contribution in [0, 0.1) is 5.92 Å². The molecule has 0 unspecified atom stereocenters. The first-order valence-corrected chi connectivity index (χ1v) is 8.41. The quantitative estimate of drug-likeness (QED) is 0.771. The maximum Gasteiger partial charge on any atom is 0.224 e. The lowest BCUT2D eigenvalue weighted by molar-refractivity contribution is -0.116. The molecule has 1 heterocycles. The molecule has 1 aromatic rings. The van der Waals surface area contributed by atoms with Crippen LogP contribution in [0.15, 0.2) is 22.7 Å². The highest BCUT2D eigenvalue weighted by atomic mass is 79.9. The molecule has 0 spiro atoms. The molecule has 124 valence electrons. The zero-order valence-electron chi connectivity index (χ0n) is 12.9. The largest absolute Gasteiger partial charge is 0.492 e. The summed E-state index contributed by atoms with van der Waals surface area (Å²) >= 11 is 3.43. The average molecular weight is 392 g/mol. The first-order chi connectivity index (χ1) is 10.2. The van der Waals surface area contributed by atoms with Gasteiger partial charge in [-0.1, -0.05) is 15.9 Å². The van der Waals surface area contributed by atoms with E-state index in [9.17, 15) is 4.79 Å². The van der Waals surface area contributed by atoms with E-state index in [1.807, 2.05) is 25.1 Å². The van der Waals surface area contributed by atoms with Gasteiger partial charge in [-0.3, -0.25) is 4.79 Å². The molecule has 1 amide bonds. The van der Waals surface area contributed by atoms with Crippen LogP contribution in [0.2, 0.25) is 0 Å². The minimum atomic E-state index is 0. The van der Waals surface area contributed by atoms with Crippen molar-refractivity contribution in [2.45, 2.75) is 32.6 Å². The van der Waals surface area contributed by atoms with Crippen molar-refractivity contribution in [1.82, 2.24) is 5.32 Å². The van der Waals surface area contributed by atoms with Gasteiger partial charge in [0.1, 0.15) is 5.75 Å². The third-order valence-corrected chi connectivity index (χ3v) is 4.25. The van der Waals surface area contributed by atoms with Gasteiger partial charge in [0, 0.05) is 10.9 Å². The fourth-order valence-corrected chi connectivity index (χ4v) is 2.96. The number of benzene rings is 1. The Morgan fingerprint density at radius 3 is 2.82 bits per heavy atom. The van der Waals surface area contributed by atoms with Crippen molar-refractivity contribution in [2.75, 3.05) is 25.0 Å². The van der Waals surface area contributed by atoms with Crippen LogP contribution in [0.3, 0.4) is 0 Å². The molecule has 0 saturated carbocycles. The van der Waals surface area contributed by atoms with E-state index in [-0.39, 0.29) is 18.3 Å². The van der Waals surface area contributed by atoms with Gasteiger partial charge >= 0.3 is 0 Å². The lowest BCUT2D eigenvalue weighted by Crippen LogP contribution is -2.28. The van der Waals surface area contributed by atoms with Crippen molar-refractivity contribution < 1.29 is 9.53 Å². The Bertz CT molecular complexity index is 479. The average Bonchev–Trinajstić information content (AvgIpc) is 2.49. The van der Waals surface area contributed by atoms with Crippen molar-refractivity contribution in [3.8, 4) is 5.75 Å². The first kappa shape index (κ1) is 19.3. The van der Waals surface area contributed by atoms with Crippen molar-refractivity contribution in [2.24, 2.45) is 5.92 Å². The second-order valence-electron chi connectivity index (χ2n) is 5.35. The molecule has 0 aliphatic carbocycles. The molecule has 0 radical (unpaired) electrons. The molecule has 1 aliphatic rings. The Morgan fingerprint density at radius 1 is 1.41 bits per heavy atom. The van der Waals surface area contributed by atoms with E-state index in [1.165, 1.54) is 12.8 Å². The Balaban J connectivity index is 0.00000242. The molecule has 1 saturated heterocycles. The van der Waals surface area contributed by atoms with Crippen molar-refractivity contribution in [3.63, 3.8) is 0 Å². The van der Waals surface area contributed by atoms with E-state index in [4.69, 9.17) is 4.74 Å². The van der Waals surface area contributed by atoms with Crippen LogP contribution >= 0.6 is 28.3 Å². The Hall–Kier alpha value is -0.780. The predicted octanol–water partition coefficient (Wildman–Crippen LogP) is 3.99. The number of piperidine rings is 1. The number of carbonyl (C=O) groups excluding carboxylic acids is 1. The Morgan fingerprint density at radius 2 is 2.14 bits per heavy atom. The fourth-order valence-electron chi connectivity index (χ4n) is 2.60. The Kier molecular flexibility index (Phi) is 8.83. The number of amides is 1. The SMILES string of the molecule is CCOc1ccc(Br)cc1NC(=O)CCC1CCNCC1.Cl. The molecule has 0 atom stereocenters.